The molecule has 0 aliphatic heterocycles. The predicted octanol–water partition coefficient (Wildman–Crippen LogP) is 10.1. The normalized spacial score (nSPS) is 11.2. The summed E-state index contributed by atoms with van der Waals surface area (Å²) in [4.78, 5) is 8.87. The van der Waals surface area contributed by atoms with Crippen LogP contribution in [0.2, 0.25) is 0 Å². The quantitative estimate of drug-likeness (QED) is 0.219. The van der Waals surface area contributed by atoms with Crippen molar-refractivity contribution in [2.24, 2.45) is 0 Å². The fourth-order valence-corrected chi connectivity index (χ4v) is 5.94. The van der Waals surface area contributed by atoms with Crippen molar-refractivity contribution >= 4 is 21.5 Å². The topological polar surface area (TPSA) is 25.8 Å². The van der Waals surface area contributed by atoms with Crippen molar-refractivity contribution in [3.63, 3.8) is 0 Å². The van der Waals surface area contributed by atoms with Gasteiger partial charge < -0.3 is 0 Å². The van der Waals surface area contributed by atoms with Gasteiger partial charge in [0.05, 0.1) is 0 Å². The number of benzene rings is 5. The van der Waals surface area contributed by atoms with Crippen LogP contribution in [0.15, 0.2) is 134 Å². The standard InChI is InChI=1S/C38H28N2/c1-25-23-30(20-22-39-25)29-9-7-10-31(24-29)38-35-13-5-3-11-33(35)37(34-12-4-6-14-36(34)38)28-18-16-27(17-19-28)32-15-8-21-40-26(32)2/h3-24H,1-2H3. The Labute approximate surface area is 234 Å². The summed E-state index contributed by atoms with van der Waals surface area (Å²) < 4.78 is 0. The second-order valence-electron chi connectivity index (χ2n) is 10.3. The molecule has 0 fully saturated rings. The molecule has 0 N–H and O–H groups in total. The average molecular weight is 513 g/mol. The van der Waals surface area contributed by atoms with Crippen molar-refractivity contribution < 1.29 is 0 Å². The van der Waals surface area contributed by atoms with E-state index in [-0.39, 0.29) is 0 Å². The van der Waals surface area contributed by atoms with E-state index >= 15 is 0 Å². The molecule has 0 amide bonds. The largest absolute Gasteiger partial charge is 0.262 e. The SMILES string of the molecule is Cc1cc(-c2cccc(-c3c4ccccc4c(-c4ccc(-c5cccnc5C)cc4)c4ccccc34)c2)ccn1. The molecule has 0 radical (unpaired) electrons. The predicted molar refractivity (Wildman–Crippen MR) is 168 cm³/mol. The molecular formula is C38H28N2. The van der Waals surface area contributed by atoms with Gasteiger partial charge in [0.2, 0.25) is 0 Å². The highest BCUT2D eigenvalue weighted by Crippen LogP contribution is 2.44. The van der Waals surface area contributed by atoms with Gasteiger partial charge in [-0.25, -0.2) is 0 Å². The number of pyridine rings is 2. The van der Waals surface area contributed by atoms with Crippen LogP contribution in [0.1, 0.15) is 11.4 Å². The zero-order chi connectivity index (χ0) is 27.1. The van der Waals surface area contributed by atoms with E-state index in [1.54, 1.807) is 0 Å². The zero-order valence-corrected chi connectivity index (χ0v) is 22.6. The Morgan fingerprint density at radius 3 is 1.60 bits per heavy atom. The maximum atomic E-state index is 4.48. The molecule has 0 saturated heterocycles. The fourth-order valence-electron chi connectivity index (χ4n) is 5.94. The summed E-state index contributed by atoms with van der Waals surface area (Å²) >= 11 is 0. The van der Waals surface area contributed by atoms with Crippen LogP contribution in [0, 0.1) is 13.8 Å². The van der Waals surface area contributed by atoms with Gasteiger partial charge >= 0.3 is 0 Å². The van der Waals surface area contributed by atoms with Crippen LogP contribution in [-0.4, -0.2) is 9.97 Å². The first-order valence-corrected chi connectivity index (χ1v) is 13.7. The molecule has 0 aliphatic rings. The van der Waals surface area contributed by atoms with Crippen LogP contribution < -0.4 is 0 Å². The van der Waals surface area contributed by atoms with Gasteiger partial charge in [-0.15, -0.1) is 0 Å². The molecule has 40 heavy (non-hydrogen) atoms. The van der Waals surface area contributed by atoms with Crippen LogP contribution in [0.3, 0.4) is 0 Å². The lowest BCUT2D eigenvalue weighted by molar-refractivity contribution is 1.20. The van der Waals surface area contributed by atoms with Gasteiger partial charge in [0, 0.05) is 29.3 Å². The van der Waals surface area contributed by atoms with E-state index in [1.807, 2.05) is 25.4 Å². The van der Waals surface area contributed by atoms with Gasteiger partial charge in [-0.05, 0) is 98.6 Å². The molecule has 7 rings (SSSR count). The molecule has 5 aromatic carbocycles. The number of nitrogens with zero attached hydrogens (tertiary/aromatic N) is 2. The number of hydrogen-bond donors (Lipinski definition) is 0. The van der Waals surface area contributed by atoms with Gasteiger partial charge in [0.25, 0.3) is 0 Å². The number of rotatable bonds is 4. The van der Waals surface area contributed by atoms with Crippen molar-refractivity contribution in [2.45, 2.75) is 13.8 Å². The third-order valence-electron chi connectivity index (χ3n) is 7.80. The third-order valence-corrected chi connectivity index (χ3v) is 7.80. The van der Waals surface area contributed by atoms with E-state index in [0.717, 1.165) is 11.4 Å². The molecule has 190 valence electrons. The first-order valence-electron chi connectivity index (χ1n) is 13.7. The lowest BCUT2D eigenvalue weighted by Crippen LogP contribution is -1.92. The molecule has 0 atom stereocenters. The Balaban J connectivity index is 1.45. The summed E-state index contributed by atoms with van der Waals surface area (Å²) in [5.41, 5.74) is 11.8. The summed E-state index contributed by atoms with van der Waals surface area (Å²) in [5.74, 6) is 0. The maximum absolute atomic E-state index is 4.48. The first-order chi connectivity index (χ1) is 19.7. The summed E-state index contributed by atoms with van der Waals surface area (Å²) in [5, 5.41) is 5.02. The fraction of sp³-hybridized carbons (Fsp3) is 0.0526. The van der Waals surface area contributed by atoms with E-state index in [9.17, 15) is 0 Å². The van der Waals surface area contributed by atoms with Crippen molar-refractivity contribution in [3.8, 4) is 44.5 Å². The Kier molecular flexibility index (Phi) is 5.94. The van der Waals surface area contributed by atoms with Crippen molar-refractivity contribution in [1.29, 1.82) is 0 Å². The number of hydrogen-bond acceptors (Lipinski definition) is 2. The Hall–Kier alpha value is -5.08. The molecule has 2 aromatic heterocycles. The Bertz CT molecular complexity index is 1960. The van der Waals surface area contributed by atoms with Crippen molar-refractivity contribution in [3.05, 3.63) is 145 Å². The van der Waals surface area contributed by atoms with Gasteiger partial charge in [-0.1, -0.05) is 97.1 Å². The second kappa shape index (κ2) is 9.91. The van der Waals surface area contributed by atoms with Crippen LogP contribution >= 0.6 is 0 Å². The highest BCUT2D eigenvalue weighted by atomic mass is 14.7. The Morgan fingerprint density at radius 2 is 0.975 bits per heavy atom. The summed E-state index contributed by atoms with van der Waals surface area (Å²) in [7, 11) is 0. The van der Waals surface area contributed by atoms with Crippen molar-refractivity contribution in [1.82, 2.24) is 9.97 Å². The molecule has 0 aliphatic carbocycles. The molecule has 2 heterocycles. The summed E-state index contributed by atoms with van der Waals surface area (Å²) in [6, 6.07) is 43.8. The minimum Gasteiger partial charge on any atom is -0.262 e. The van der Waals surface area contributed by atoms with Gasteiger partial charge in [0.1, 0.15) is 0 Å². The smallest absolute Gasteiger partial charge is 0.0450 e. The van der Waals surface area contributed by atoms with Crippen LogP contribution in [0.25, 0.3) is 66.1 Å². The zero-order valence-electron chi connectivity index (χ0n) is 22.6. The van der Waals surface area contributed by atoms with E-state index in [2.05, 4.69) is 132 Å². The van der Waals surface area contributed by atoms with E-state index < -0.39 is 0 Å². The lowest BCUT2D eigenvalue weighted by atomic mass is 9.85. The van der Waals surface area contributed by atoms with Crippen molar-refractivity contribution in [2.75, 3.05) is 0 Å². The molecule has 2 heteroatoms. The molecule has 0 saturated carbocycles. The number of aryl methyl sites for hydroxylation is 2. The first kappa shape index (κ1) is 24.0. The molecule has 7 aromatic rings. The average Bonchev–Trinajstić information content (AvgIpc) is 3.00. The third kappa shape index (κ3) is 4.15. The molecule has 0 bridgehead atoms. The summed E-state index contributed by atoms with van der Waals surface area (Å²) in [6.45, 7) is 4.10. The lowest BCUT2D eigenvalue weighted by Gasteiger charge is -2.18. The highest BCUT2D eigenvalue weighted by molar-refractivity contribution is 6.21. The number of fused-ring (bicyclic) bond motifs is 2. The van der Waals surface area contributed by atoms with E-state index in [1.165, 1.54) is 66.1 Å². The second-order valence-corrected chi connectivity index (χ2v) is 10.3. The minimum absolute atomic E-state index is 1.02. The maximum Gasteiger partial charge on any atom is 0.0450 e. The highest BCUT2D eigenvalue weighted by Gasteiger charge is 2.17. The molecule has 2 nitrogen and oxygen atoms in total. The van der Waals surface area contributed by atoms with Crippen LogP contribution in [0.5, 0.6) is 0 Å². The monoisotopic (exact) mass is 512 g/mol. The van der Waals surface area contributed by atoms with Gasteiger partial charge in [-0.2, -0.15) is 0 Å². The Morgan fingerprint density at radius 1 is 0.400 bits per heavy atom. The van der Waals surface area contributed by atoms with E-state index in [4.69, 9.17) is 0 Å². The van der Waals surface area contributed by atoms with E-state index in [0.29, 0.717) is 0 Å². The summed E-state index contributed by atoms with van der Waals surface area (Å²) in [6.07, 6.45) is 3.73. The van der Waals surface area contributed by atoms with Crippen LogP contribution in [0.4, 0.5) is 0 Å². The van der Waals surface area contributed by atoms with Crippen LogP contribution in [-0.2, 0) is 0 Å². The molecular weight excluding hydrogens is 484 g/mol. The number of aromatic nitrogens is 2. The van der Waals surface area contributed by atoms with Gasteiger partial charge in [-0.3, -0.25) is 9.97 Å². The van der Waals surface area contributed by atoms with Gasteiger partial charge in [0.15, 0.2) is 0 Å². The molecule has 0 unspecified atom stereocenters. The minimum atomic E-state index is 1.02. The molecule has 0 spiro atoms.